The smallest absolute Gasteiger partial charge is 0.255 e. The van der Waals surface area contributed by atoms with Gasteiger partial charge in [0, 0.05) is 21.8 Å². The minimum absolute atomic E-state index is 0.0789. The maximum absolute atomic E-state index is 13.0. The van der Waals surface area contributed by atoms with Crippen molar-refractivity contribution in [3.8, 4) is 0 Å². The Morgan fingerprint density at radius 3 is 2.43 bits per heavy atom. The summed E-state index contributed by atoms with van der Waals surface area (Å²) < 4.78 is 13.0. The van der Waals surface area contributed by atoms with Gasteiger partial charge in [0.15, 0.2) is 0 Å². The Kier molecular flexibility index (Phi) is 7.25. The molecular formula is C24H23FN2O2S. The Morgan fingerprint density at radius 1 is 0.967 bits per heavy atom. The number of carbonyl (C=O) groups excluding carboxylic acids is 2. The molecule has 6 heteroatoms. The summed E-state index contributed by atoms with van der Waals surface area (Å²) in [7, 11) is 0. The van der Waals surface area contributed by atoms with Crippen molar-refractivity contribution in [2.24, 2.45) is 0 Å². The molecular weight excluding hydrogens is 399 g/mol. The number of nitrogens with one attached hydrogen (secondary N) is 2. The molecule has 0 unspecified atom stereocenters. The van der Waals surface area contributed by atoms with Crippen LogP contribution in [-0.4, -0.2) is 17.6 Å². The average Bonchev–Trinajstić information content (AvgIpc) is 2.74. The first-order valence-corrected chi connectivity index (χ1v) is 10.6. The summed E-state index contributed by atoms with van der Waals surface area (Å²) in [5.41, 5.74) is 4.02. The molecule has 154 valence electrons. The molecule has 0 saturated heterocycles. The lowest BCUT2D eigenvalue weighted by Crippen LogP contribution is -2.16. The Balaban J connectivity index is 1.59. The van der Waals surface area contributed by atoms with E-state index in [1.165, 1.54) is 36.0 Å². The number of hydrogen-bond acceptors (Lipinski definition) is 3. The van der Waals surface area contributed by atoms with Crippen LogP contribution in [0.15, 0.2) is 71.6 Å². The Bertz CT molecular complexity index is 1050. The molecule has 3 rings (SSSR count). The van der Waals surface area contributed by atoms with Crippen molar-refractivity contribution < 1.29 is 14.0 Å². The summed E-state index contributed by atoms with van der Waals surface area (Å²) in [5, 5.41) is 5.81. The molecule has 0 saturated carbocycles. The highest BCUT2D eigenvalue weighted by Crippen LogP contribution is 2.24. The summed E-state index contributed by atoms with van der Waals surface area (Å²) >= 11 is 1.39. The van der Waals surface area contributed by atoms with Crippen LogP contribution < -0.4 is 10.6 Å². The van der Waals surface area contributed by atoms with Crippen molar-refractivity contribution in [1.82, 2.24) is 0 Å². The molecule has 0 aliphatic rings. The van der Waals surface area contributed by atoms with Gasteiger partial charge in [0.05, 0.1) is 5.75 Å². The van der Waals surface area contributed by atoms with Crippen LogP contribution in [0.3, 0.4) is 0 Å². The molecule has 0 aliphatic heterocycles. The van der Waals surface area contributed by atoms with Crippen molar-refractivity contribution in [2.45, 2.75) is 25.2 Å². The lowest BCUT2D eigenvalue weighted by molar-refractivity contribution is -0.113. The van der Waals surface area contributed by atoms with Crippen LogP contribution in [0.25, 0.3) is 0 Å². The second-order valence-electron chi connectivity index (χ2n) is 6.79. The van der Waals surface area contributed by atoms with Crippen molar-refractivity contribution in [3.05, 3.63) is 89.2 Å². The fourth-order valence-corrected chi connectivity index (χ4v) is 3.75. The Morgan fingerprint density at radius 2 is 1.70 bits per heavy atom. The van der Waals surface area contributed by atoms with Crippen LogP contribution >= 0.6 is 11.8 Å². The van der Waals surface area contributed by atoms with Gasteiger partial charge in [-0.05, 0) is 66.9 Å². The summed E-state index contributed by atoms with van der Waals surface area (Å²) in [6.45, 7) is 4.04. The minimum Gasteiger partial charge on any atom is -0.325 e. The minimum atomic E-state index is -0.389. The van der Waals surface area contributed by atoms with Gasteiger partial charge >= 0.3 is 0 Å². The van der Waals surface area contributed by atoms with E-state index in [9.17, 15) is 14.0 Å². The van der Waals surface area contributed by atoms with Crippen LogP contribution in [0.2, 0.25) is 0 Å². The average molecular weight is 423 g/mol. The van der Waals surface area contributed by atoms with Gasteiger partial charge in [-0.15, -0.1) is 11.8 Å². The topological polar surface area (TPSA) is 58.2 Å². The van der Waals surface area contributed by atoms with Gasteiger partial charge < -0.3 is 10.6 Å². The molecule has 30 heavy (non-hydrogen) atoms. The number of amides is 2. The quantitative estimate of drug-likeness (QED) is 0.482. The predicted molar refractivity (Wildman–Crippen MR) is 121 cm³/mol. The molecule has 0 heterocycles. The number of hydrogen-bond donors (Lipinski definition) is 2. The van der Waals surface area contributed by atoms with Crippen LogP contribution in [0.5, 0.6) is 0 Å². The molecule has 0 aromatic heterocycles. The Hall–Kier alpha value is -3.12. The highest BCUT2D eigenvalue weighted by Gasteiger charge is 2.10. The fourth-order valence-electron chi connectivity index (χ4n) is 2.99. The van der Waals surface area contributed by atoms with Gasteiger partial charge in [-0.25, -0.2) is 4.39 Å². The summed E-state index contributed by atoms with van der Waals surface area (Å²) in [4.78, 5) is 25.6. The highest BCUT2D eigenvalue weighted by molar-refractivity contribution is 8.00. The highest BCUT2D eigenvalue weighted by atomic mass is 32.2. The van der Waals surface area contributed by atoms with E-state index < -0.39 is 0 Å². The van der Waals surface area contributed by atoms with E-state index in [1.54, 1.807) is 6.07 Å². The van der Waals surface area contributed by atoms with Crippen molar-refractivity contribution in [3.63, 3.8) is 0 Å². The molecule has 0 aliphatic carbocycles. The van der Waals surface area contributed by atoms with Gasteiger partial charge in [0.25, 0.3) is 5.91 Å². The van der Waals surface area contributed by atoms with E-state index in [0.717, 1.165) is 28.1 Å². The second-order valence-corrected chi connectivity index (χ2v) is 7.84. The van der Waals surface area contributed by atoms with E-state index in [4.69, 9.17) is 0 Å². The zero-order chi connectivity index (χ0) is 21.5. The molecule has 2 amide bonds. The number of rotatable bonds is 7. The van der Waals surface area contributed by atoms with Gasteiger partial charge in [0.2, 0.25) is 5.91 Å². The van der Waals surface area contributed by atoms with E-state index in [2.05, 4.69) is 17.6 Å². The number of aryl methyl sites for hydroxylation is 2. The van der Waals surface area contributed by atoms with Crippen molar-refractivity contribution >= 4 is 35.0 Å². The van der Waals surface area contributed by atoms with Gasteiger partial charge in [-0.2, -0.15) is 0 Å². The van der Waals surface area contributed by atoms with Crippen molar-refractivity contribution in [1.29, 1.82) is 0 Å². The third-order valence-corrected chi connectivity index (χ3v) is 5.57. The summed E-state index contributed by atoms with van der Waals surface area (Å²) in [6.07, 6.45) is 0.847. The lowest BCUT2D eigenvalue weighted by atomic mass is 10.1. The monoisotopic (exact) mass is 422 g/mol. The second kappa shape index (κ2) is 10.1. The van der Waals surface area contributed by atoms with E-state index in [-0.39, 0.29) is 23.4 Å². The molecule has 0 atom stereocenters. The molecule has 3 aromatic carbocycles. The number of benzene rings is 3. The fraction of sp³-hybridized carbons (Fsp3) is 0.167. The first kappa shape index (κ1) is 21.6. The van der Waals surface area contributed by atoms with E-state index in [0.29, 0.717) is 11.3 Å². The van der Waals surface area contributed by atoms with Gasteiger partial charge in [-0.1, -0.05) is 31.2 Å². The number of thioether (sulfide) groups is 1. The number of halogens is 1. The molecule has 0 spiro atoms. The normalized spacial score (nSPS) is 10.5. The Labute approximate surface area is 179 Å². The summed E-state index contributed by atoms with van der Waals surface area (Å²) in [5.74, 6) is -0.529. The predicted octanol–water partition coefficient (Wildman–Crippen LogP) is 5.68. The standard InChI is InChI=1S/C24H23FN2O2S/c1-3-17-7-4-6-16(2)23(17)27-22(28)15-30-21-9-5-8-20(14-21)26-24(29)18-10-12-19(25)13-11-18/h4-14H,3,15H2,1-2H3,(H,26,29)(H,27,28). The first-order valence-electron chi connectivity index (χ1n) is 9.64. The van der Waals surface area contributed by atoms with Crippen LogP contribution in [-0.2, 0) is 11.2 Å². The number of para-hydroxylation sites is 1. The number of anilines is 2. The van der Waals surface area contributed by atoms with Crippen LogP contribution in [0, 0.1) is 12.7 Å². The first-order chi connectivity index (χ1) is 14.5. The zero-order valence-electron chi connectivity index (χ0n) is 16.9. The number of carbonyl (C=O) groups is 2. The van der Waals surface area contributed by atoms with Gasteiger partial charge in [0.1, 0.15) is 5.82 Å². The molecule has 3 aromatic rings. The maximum atomic E-state index is 13.0. The molecule has 2 N–H and O–H groups in total. The molecule has 0 radical (unpaired) electrons. The van der Waals surface area contributed by atoms with Gasteiger partial charge in [-0.3, -0.25) is 9.59 Å². The molecule has 4 nitrogen and oxygen atoms in total. The third-order valence-electron chi connectivity index (χ3n) is 4.57. The lowest BCUT2D eigenvalue weighted by Gasteiger charge is -2.13. The molecule has 0 fully saturated rings. The van der Waals surface area contributed by atoms with Crippen LogP contribution in [0.4, 0.5) is 15.8 Å². The zero-order valence-corrected chi connectivity index (χ0v) is 17.7. The maximum Gasteiger partial charge on any atom is 0.255 e. The van der Waals surface area contributed by atoms with E-state index >= 15 is 0 Å². The van der Waals surface area contributed by atoms with E-state index in [1.807, 2.05) is 43.3 Å². The largest absolute Gasteiger partial charge is 0.325 e. The third kappa shape index (κ3) is 5.70. The van der Waals surface area contributed by atoms with Crippen molar-refractivity contribution in [2.75, 3.05) is 16.4 Å². The molecule has 0 bridgehead atoms. The summed E-state index contributed by atoms with van der Waals surface area (Å²) in [6, 6.07) is 18.6. The SMILES string of the molecule is CCc1cccc(C)c1NC(=O)CSc1cccc(NC(=O)c2ccc(F)cc2)c1. The van der Waals surface area contributed by atoms with Crippen LogP contribution in [0.1, 0.15) is 28.4 Å².